The van der Waals surface area contributed by atoms with Crippen molar-refractivity contribution in [3.8, 4) is 0 Å². The number of hydrogen-bond acceptors (Lipinski definition) is 3. The SMILES string of the molecule is Cc1nn(C)c(C)c1NC(=O)/C=C/c1ccc(Br)s1. The van der Waals surface area contributed by atoms with Gasteiger partial charge in [0.1, 0.15) is 0 Å². The molecule has 1 N–H and O–H groups in total. The van der Waals surface area contributed by atoms with Crippen molar-refractivity contribution < 1.29 is 4.79 Å². The zero-order valence-electron chi connectivity index (χ0n) is 10.9. The molecule has 0 atom stereocenters. The zero-order chi connectivity index (χ0) is 14.0. The molecule has 4 nitrogen and oxygen atoms in total. The predicted octanol–water partition coefficient (Wildman–Crippen LogP) is 3.51. The van der Waals surface area contributed by atoms with Crippen LogP contribution in [-0.2, 0) is 11.8 Å². The number of rotatable bonds is 3. The summed E-state index contributed by atoms with van der Waals surface area (Å²) in [6.45, 7) is 3.80. The maximum atomic E-state index is 11.9. The van der Waals surface area contributed by atoms with Crippen molar-refractivity contribution in [1.29, 1.82) is 0 Å². The summed E-state index contributed by atoms with van der Waals surface area (Å²) in [4.78, 5) is 12.9. The number of nitrogens with one attached hydrogen (secondary N) is 1. The highest BCUT2D eigenvalue weighted by molar-refractivity contribution is 9.11. The minimum atomic E-state index is -0.149. The number of aryl methyl sites for hydroxylation is 2. The molecule has 2 heterocycles. The van der Waals surface area contributed by atoms with Gasteiger partial charge in [0.2, 0.25) is 5.91 Å². The fraction of sp³-hybridized carbons (Fsp3) is 0.231. The van der Waals surface area contributed by atoms with E-state index in [1.807, 2.05) is 33.0 Å². The average molecular weight is 340 g/mol. The lowest BCUT2D eigenvalue weighted by atomic mass is 10.3. The van der Waals surface area contributed by atoms with Gasteiger partial charge in [-0.1, -0.05) is 0 Å². The van der Waals surface area contributed by atoms with Gasteiger partial charge < -0.3 is 5.32 Å². The third kappa shape index (κ3) is 3.33. The van der Waals surface area contributed by atoms with E-state index in [1.165, 1.54) is 6.08 Å². The van der Waals surface area contributed by atoms with Crippen LogP contribution in [0.15, 0.2) is 22.0 Å². The van der Waals surface area contributed by atoms with E-state index < -0.39 is 0 Å². The Morgan fingerprint density at radius 1 is 1.47 bits per heavy atom. The van der Waals surface area contributed by atoms with Crippen LogP contribution in [0.2, 0.25) is 0 Å². The van der Waals surface area contributed by atoms with Crippen LogP contribution < -0.4 is 5.32 Å². The van der Waals surface area contributed by atoms with Gasteiger partial charge in [0.15, 0.2) is 0 Å². The second kappa shape index (κ2) is 5.71. The number of nitrogens with zero attached hydrogens (tertiary/aromatic N) is 2. The van der Waals surface area contributed by atoms with E-state index in [-0.39, 0.29) is 5.91 Å². The number of hydrogen-bond donors (Lipinski definition) is 1. The summed E-state index contributed by atoms with van der Waals surface area (Å²) >= 11 is 4.97. The molecule has 0 aromatic carbocycles. The molecular formula is C13H14BrN3OS. The monoisotopic (exact) mass is 339 g/mol. The van der Waals surface area contributed by atoms with Crippen LogP contribution in [-0.4, -0.2) is 15.7 Å². The smallest absolute Gasteiger partial charge is 0.248 e. The van der Waals surface area contributed by atoms with Crippen LogP contribution in [0.25, 0.3) is 6.08 Å². The third-order valence-corrected chi connectivity index (χ3v) is 4.34. The molecule has 2 aromatic heterocycles. The molecule has 0 saturated heterocycles. The van der Waals surface area contributed by atoms with Crippen LogP contribution in [0.5, 0.6) is 0 Å². The summed E-state index contributed by atoms with van der Waals surface area (Å²) in [6, 6.07) is 3.91. The van der Waals surface area contributed by atoms with E-state index in [4.69, 9.17) is 0 Å². The molecule has 0 bridgehead atoms. The Morgan fingerprint density at radius 2 is 2.21 bits per heavy atom. The highest BCUT2D eigenvalue weighted by atomic mass is 79.9. The lowest BCUT2D eigenvalue weighted by molar-refractivity contribution is -0.111. The summed E-state index contributed by atoms with van der Waals surface area (Å²) in [5.74, 6) is -0.149. The molecule has 6 heteroatoms. The van der Waals surface area contributed by atoms with Crippen LogP contribution in [0.4, 0.5) is 5.69 Å². The molecule has 0 aliphatic heterocycles. The molecule has 0 fully saturated rings. The summed E-state index contributed by atoms with van der Waals surface area (Å²) in [6.07, 6.45) is 3.33. The first-order valence-electron chi connectivity index (χ1n) is 5.72. The number of anilines is 1. The van der Waals surface area contributed by atoms with Crippen molar-refractivity contribution in [2.45, 2.75) is 13.8 Å². The first-order valence-corrected chi connectivity index (χ1v) is 7.33. The quantitative estimate of drug-likeness (QED) is 0.869. The van der Waals surface area contributed by atoms with E-state index in [9.17, 15) is 4.79 Å². The highest BCUT2D eigenvalue weighted by Crippen LogP contribution is 2.23. The van der Waals surface area contributed by atoms with E-state index in [1.54, 1.807) is 22.1 Å². The highest BCUT2D eigenvalue weighted by Gasteiger charge is 2.10. The molecule has 0 spiro atoms. The predicted molar refractivity (Wildman–Crippen MR) is 82.4 cm³/mol. The second-order valence-corrected chi connectivity index (χ2v) is 6.63. The molecule has 1 amide bonds. The van der Waals surface area contributed by atoms with E-state index in [2.05, 4.69) is 26.3 Å². The number of halogens is 1. The maximum Gasteiger partial charge on any atom is 0.248 e. The maximum absolute atomic E-state index is 11.9. The number of aromatic nitrogens is 2. The van der Waals surface area contributed by atoms with E-state index in [0.29, 0.717) is 0 Å². The Hall–Kier alpha value is -1.40. The Morgan fingerprint density at radius 3 is 2.74 bits per heavy atom. The molecule has 0 saturated carbocycles. The van der Waals surface area contributed by atoms with E-state index in [0.717, 1.165) is 25.7 Å². The van der Waals surface area contributed by atoms with Crippen molar-refractivity contribution >= 4 is 44.9 Å². The van der Waals surface area contributed by atoms with E-state index >= 15 is 0 Å². The second-order valence-electron chi connectivity index (χ2n) is 4.13. The van der Waals surface area contributed by atoms with Crippen molar-refractivity contribution in [3.05, 3.63) is 38.3 Å². The number of carbonyl (C=O) groups excluding carboxylic acids is 1. The van der Waals surface area contributed by atoms with Crippen LogP contribution >= 0.6 is 27.3 Å². The van der Waals surface area contributed by atoms with Gasteiger partial charge in [-0.2, -0.15) is 5.10 Å². The Kier molecular flexibility index (Phi) is 4.21. The normalized spacial score (nSPS) is 11.2. The molecule has 2 rings (SSSR count). The fourth-order valence-corrected chi connectivity index (χ4v) is 3.02. The summed E-state index contributed by atoms with van der Waals surface area (Å²) in [5, 5.41) is 7.12. The van der Waals surface area contributed by atoms with Gasteiger partial charge in [-0.15, -0.1) is 11.3 Å². The van der Waals surface area contributed by atoms with Gasteiger partial charge in [0.05, 0.1) is 20.9 Å². The molecule has 19 heavy (non-hydrogen) atoms. The molecule has 0 radical (unpaired) electrons. The van der Waals surface area contributed by atoms with Crippen molar-refractivity contribution in [2.24, 2.45) is 7.05 Å². The number of amides is 1. The minimum Gasteiger partial charge on any atom is -0.319 e. The molecule has 2 aromatic rings. The zero-order valence-corrected chi connectivity index (χ0v) is 13.3. The lowest BCUT2D eigenvalue weighted by Crippen LogP contribution is -2.09. The molecule has 0 aliphatic rings. The molecular weight excluding hydrogens is 326 g/mol. The third-order valence-electron chi connectivity index (χ3n) is 2.75. The summed E-state index contributed by atoms with van der Waals surface area (Å²) in [5.41, 5.74) is 2.54. The van der Waals surface area contributed by atoms with Gasteiger partial charge in [0.25, 0.3) is 0 Å². The van der Waals surface area contributed by atoms with Gasteiger partial charge in [-0.3, -0.25) is 9.48 Å². The Bertz CT molecular complexity index is 642. The van der Waals surface area contributed by atoms with Gasteiger partial charge >= 0.3 is 0 Å². The average Bonchev–Trinajstić information content (AvgIpc) is 2.86. The Balaban J connectivity index is 2.07. The summed E-state index contributed by atoms with van der Waals surface area (Å²) in [7, 11) is 1.86. The minimum absolute atomic E-state index is 0.149. The van der Waals surface area contributed by atoms with Crippen molar-refractivity contribution in [2.75, 3.05) is 5.32 Å². The molecule has 0 unspecified atom stereocenters. The standard InChI is InChI=1S/C13H14BrN3OS/c1-8-13(9(2)17(3)16-8)15-12(18)7-5-10-4-6-11(14)19-10/h4-7H,1-3H3,(H,15,18)/b7-5+. The largest absolute Gasteiger partial charge is 0.319 e. The topological polar surface area (TPSA) is 46.9 Å². The van der Waals surface area contributed by atoms with Crippen molar-refractivity contribution in [1.82, 2.24) is 9.78 Å². The fourth-order valence-electron chi connectivity index (χ4n) is 1.70. The lowest BCUT2D eigenvalue weighted by Gasteiger charge is -2.01. The van der Waals surface area contributed by atoms with Gasteiger partial charge in [0, 0.05) is 18.0 Å². The summed E-state index contributed by atoms with van der Waals surface area (Å²) < 4.78 is 2.80. The number of carbonyl (C=O) groups is 1. The first-order chi connectivity index (χ1) is 8.97. The molecule has 100 valence electrons. The molecule has 0 aliphatic carbocycles. The van der Waals surface area contributed by atoms with Crippen molar-refractivity contribution in [3.63, 3.8) is 0 Å². The van der Waals surface area contributed by atoms with Crippen LogP contribution in [0, 0.1) is 13.8 Å². The van der Waals surface area contributed by atoms with Gasteiger partial charge in [-0.25, -0.2) is 0 Å². The van der Waals surface area contributed by atoms with Crippen LogP contribution in [0.1, 0.15) is 16.3 Å². The van der Waals surface area contributed by atoms with Gasteiger partial charge in [-0.05, 0) is 48.0 Å². The number of thiophene rings is 1. The first kappa shape index (κ1) is 14.0. The Labute approximate surface area is 124 Å². The van der Waals surface area contributed by atoms with Crippen LogP contribution in [0.3, 0.4) is 0 Å².